The lowest BCUT2D eigenvalue weighted by atomic mass is 10.00. The summed E-state index contributed by atoms with van der Waals surface area (Å²) in [6.07, 6.45) is 5.94. The van der Waals surface area contributed by atoms with E-state index in [2.05, 4.69) is 20.6 Å². The molecular formula is C31H22F2N6O4. The maximum atomic E-state index is 15.4. The molecule has 0 spiro atoms. The third-order valence-corrected chi connectivity index (χ3v) is 7.34. The Bertz CT molecular complexity index is 2090. The van der Waals surface area contributed by atoms with Crippen LogP contribution >= 0.6 is 0 Å². The number of hydrogen-bond donors (Lipinski definition) is 2. The van der Waals surface area contributed by atoms with Crippen molar-refractivity contribution in [2.75, 3.05) is 12.4 Å². The molecule has 1 amide bonds. The predicted molar refractivity (Wildman–Crippen MR) is 154 cm³/mol. The molecule has 43 heavy (non-hydrogen) atoms. The van der Waals surface area contributed by atoms with Crippen LogP contribution in [0.3, 0.4) is 0 Å². The molecule has 0 saturated carbocycles. The summed E-state index contributed by atoms with van der Waals surface area (Å²) in [5, 5.41) is 14.8. The van der Waals surface area contributed by atoms with Crippen LogP contribution in [0.1, 0.15) is 15.9 Å². The summed E-state index contributed by atoms with van der Waals surface area (Å²) < 4.78 is 43.3. The van der Waals surface area contributed by atoms with Crippen LogP contribution in [-0.2, 0) is 13.0 Å². The molecule has 0 bridgehead atoms. The van der Waals surface area contributed by atoms with Gasteiger partial charge in [0.15, 0.2) is 11.6 Å². The Labute approximate surface area is 242 Å². The molecular weight excluding hydrogens is 558 g/mol. The number of carbonyl (C=O) groups is 1. The Balaban J connectivity index is 1.18. The number of halogens is 2. The molecule has 0 unspecified atom stereocenters. The average molecular weight is 581 g/mol. The lowest BCUT2D eigenvalue weighted by Gasteiger charge is -2.15. The topological polar surface area (TPSA) is 116 Å². The van der Waals surface area contributed by atoms with Crippen LogP contribution in [0.5, 0.6) is 17.4 Å². The van der Waals surface area contributed by atoms with Crippen LogP contribution in [0.4, 0.5) is 14.5 Å². The second kappa shape index (κ2) is 10.2. The second-order valence-electron chi connectivity index (χ2n) is 9.88. The number of nitrogens with zero attached hydrogens (tertiary/aromatic N) is 4. The summed E-state index contributed by atoms with van der Waals surface area (Å²) in [7, 11) is 1.37. The van der Waals surface area contributed by atoms with Crippen molar-refractivity contribution >= 4 is 22.5 Å². The number of aromatic nitrogens is 5. The van der Waals surface area contributed by atoms with Gasteiger partial charge in [-0.1, -0.05) is 0 Å². The van der Waals surface area contributed by atoms with Crippen molar-refractivity contribution in [1.29, 1.82) is 0 Å². The Kier molecular flexibility index (Phi) is 6.23. The van der Waals surface area contributed by atoms with Crippen LogP contribution in [0.15, 0.2) is 84.0 Å². The van der Waals surface area contributed by atoms with Gasteiger partial charge in [0.2, 0.25) is 5.88 Å². The number of aryl methyl sites for hydroxylation is 2. The first-order valence-electron chi connectivity index (χ1n) is 13.3. The molecule has 214 valence electrons. The largest absolute Gasteiger partial charge is 0.482 e. The van der Waals surface area contributed by atoms with Crippen LogP contribution in [0.2, 0.25) is 0 Å². The number of pyridine rings is 1. The van der Waals surface area contributed by atoms with Gasteiger partial charge in [0.05, 0.1) is 30.7 Å². The first-order chi connectivity index (χ1) is 20.9. The summed E-state index contributed by atoms with van der Waals surface area (Å²) in [4.78, 5) is 26.4. The van der Waals surface area contributed by atoms with Gasteiger partial charge in [0.1, 0.15) is 17.1 Å². The zero-order valence-electron chi connectivity index (χ0n) is 22.6. The van der Waals surface area contributed by atoms with Gasteiger partial charge < -0.3 is 14.8 Å². The van der Waals surface area contributed by atoms with Crippen molar-refractivity contribution < 1.29 is 23.0 Å². The average Bonchev–Trinajstić information content (AvgIpc) is 3.77. The molecule has 1 aliphatic rings. The van der Waals surface area contributed by atoms with Crippen LogP contribution in [0, 0.1) is 11.6 Å². The summed E-state index contributed by atoms with van der Waals surface area (Å²) in [6, 6.07) is 13.8. The van der Waals surface area contributed by atoms with Gasteiger partial charge in [-0.05, 0) is 66.6 Å². The minimum atomic E-state index is -0.760. The minimum absolute atomic E-state index is 0.0530. The maximum Gasteiger partial charge on any atom is 0.270 e. The number of anilines is 1. The number of H-pyrrole nitrogens is 1. The van der Waals surface area contributed by atoms with E-state index in [0.717, 1.165) is 51.2 Å². The fourth-order valence-electron chi connectivity index (χ4n) is 5.36. The molecule has 2 N–H and O–H groups in total. The molecule has 1 aliphatic heterocycles. The number of hydrogen-bond acceptors (Lipinski definition) is 6. The molecule has 3 aromatic carbocycles. The highest BCUT2D eigenvalue weighted by molar-refractivity contribution is 6.04. The number of carbonyl (C=O) groups excluding carboxylic acids is 1. The molecule has 0 aliphatic carbocycles. The Morgan fingerprint density at radius 3 is 2.60 bits per heavy atom. The van der Waals surface area contributed by atoms with E-state index in [1.54, 1.807) is 18.6 Å². The van der Waals surface area contributed by atoms with E-state index < -0.39 is 23.1 Å². The summed E-state index contributed by atoms with van der Waals surface area (Å²) in [5.74, 6) is -1.42. The van der Waals surface area contributed by atoms with Crippen molar-refractivity contribution in [1.82, 2.24) is 24.5 Å². The highest BCUT2D eigenvalue weighted by Gasteiger charge is 2.24. The highest BCUT2D eigenvalue weighted by Crippen LogP contribution is 2.43. The number of aromatic amines is 1. The van der Waals surface area contributed by atoms with Crippen molar-refractivity contribution in [2.45, 2.75) is 13.0 Å². The number of rotatable bonds is 7. The fraction of sp³-hybridized carbons (Fsp3) is 0.0968. The molecule has 0 saturated heterocycles. The van der Waals surface area contributed by atoms with E-state index in [-0.39, 0.29) is 22.9 Å². The predicted octanol–water partition coefficient (Wildman–Crippen LogP) is 5.46. The first-order valence-corrected chi connectivity index (χ1v) is 13.3. The normalized spacial score (nSPS) is 12.1. The third kappa shape index (κ3) is 4.49. The van der Waals surface area contributed by atoms with E-state index in [0.29, 0.717) is 11.4 Å². The van der Waals surface area contributed by atoms with Crippen LogP contribution < -0.4 is 20.3 Å². The SMILES string of the molecule is COc1ccc(C(=O)Nc2ccc(Oc3cc4c5c(cnn5CC4)c3-c3cn[nH]c3)c(F)c2)c(=O)n1-c1ccc(F)cc1. The molecule has 7 rings (SSSR count). The van der Waals surface area contributed by atoms with Crippen molar-refractivity contribution in [3.05, 3.63) is 112 Å². The van der Waals surface area contributed by atoms with Gasteiger partial charge in [-0.2, -0.15) is 10.2 Å². The molecule has 6 aromatic rings. The molecule has 0 fully saturated rings. The van der Waals surface area contributed by atoms with Gasteiger partial charge in [-0.15, -0.1) is 0 Å². The van der Waals surface area contributed by atoms with E-state index >= 15 is 4.39 Å². The molecule has 10 nitrogen and oxygen atoms in total. The van der Waals surface area contributed by atoms with E-state index in [1.807, 2.05) is 10.7 Å². The van der Waals surface area contributed by atoms with Gasteiger partial charge in [0.25, 0.3) is 11.5 Å². The van der Waals surface area contributed by atoms with E-state index in [1.165, 1.54) is 55.6 Å². The fourth-order valence-corrected chi connectivity index (χ4v) is 5.36. The summed E-state index contributed by atoms with van der Waals surface area (Å²) >= 11 is 0. The molecule has 0 atom stereocenters. The number of ether oxygens (including phenoxy) is 2. The van der Waals surface area contributed by atoms with E-state index in [4.69, 9.17) is 9.47 Å². The molecule has 3 aromatic heterocycles. The van der Waals surface area contributed by atoms with Gasteiger partial charge in [-0.3, -0.25) is 19.4 Å². The highest BCUT2D eigenvalue weighted by atomic mass is 19.1. The third-order valence-electron chi connectivity index (χ3n) is 7.34. The number of amides is 1. The summed E-state index contributed by atoms with van der Waals surface area (Å²) in [6.45, 7) is 0.749. The minimum Gasteiger partial charge on any atom is -0.482 e. The van der Waals surface area contributed by atoms with Crippen LogP contribution in [-0.4, -0.2) is 37.6 Å². The Morgan fingerprint density at radius 2 is 1.86 bits per heavy atom. The Morgan fingerprint density at radius 1 is 1.02 bits per heavy atom. The van der Waals surface area contributed by atoms with Gasteiger partial charge >= 0.3 is 0 Å². The van der Waals surface area contributed by atoms with Crippen molar-refractivity contribution in [3.8, 4) is 34.2 Å². The smallest absolute Gasteiger partial charge is 0.270 e. The zero-order valence-corrected chi connectivity index (χ0v) is 22.6. The molecule has 4 heterocycles. The van der Waals surface area contributed by atoms with Gasteiger partial charge in [0, 0.05) is 41.0 Å². The van der Waals surface area contributed by atoms with Crippen molar-refractivity contribution in [3.63, 3.8) is 0 Å². The molecule has 12 heteroatoms. The summed E-state index contributed by atoms with van der Waals surface area (Å²) in [5.41, 5.74) is 3.07. The Hall–Kier alpha value is -5.78. The number of benzene rings is 3. The van der Waals surface area contributed by atoms with Crippen molar-refractivity contribution in [2.24, 2.45) is 0 Å². The quantitative estimate of drug-likeness (QED) is 0.259. The maximum absolute atomic E-state index is 15.4. The standard InChI is InChI=1S/C31H22F2N6O4/c1-42-27-9-7-22(31(41)39(27)21-5-2-19(32)3-6-21)30(40)37-20-4-8-25(24(33)13-20)43-26-12-17-10-11-38-29(17)23(16-36-38)28(26)18-14-34-35-15-18/h2-9,12-16H,10-11H2,1H3,(H,34,35)(H,37,40). The lowest BCUT2D eigenvalue weighted by molar-refractivity contribution is 0.102. The second-order valence-corrected chi connectivity index (χ2v) is 9.88. The van der Waals surface area contributed by atoms with E-state index in [9.17, 15) is 14.0 Å². The zero-order chi connectivity index (χ0) is 29.7. The molecule has 0 radical (unpaired) electrons. The monoisotopic (exact) mass is 580 g/mol. The lowest BCUT2D eigenvalue weighted by Crippen LogP contribution is -2.29. The number of nitrogens with one attached hydrogen (secondary N) is 2. The number of methoxy groups -OCH3 is 1. The van der Waals surface area contributed by atoms with Crippen LogP contribution in [0.25, 0.3) is 27.7 Å². The van der Waals surface area contributed by atoms with Gasteiger partial charge in [-0.25, -0.2) is 13.3 Å². The first kappa shape index (κ1) is 26.1.